The third-order valence-corrected chi connectivity index (χ3v) is 3.74. The summed E-state index contributed by atoms with van der Waals surface area (Å²) < 4.78 is 10.8. The van der Waals surface area contributed by atoms with Crippen LogP contribution in [0.3, 0.4) is 0 Å². The first-order valence-corrected chi connectivity index (χ1v) is 8.15. The highest BCUT2D eigenvalue weighted by Crippen LogP contribution is 2.13. The number of hydrogen-bond donors (Lipinski definition) is 2. The fraction of sp³-hybridized carbons (Fsp3) is 0.500. The molecule has 128 valence electrons. The maximum Gasteiger partial charge on any atom is 0.276 e. The van der Waals surface area contributed by atoms with Gasteiger partial charge in [-0.1, -0.05) is 11.2 Å². The van der Waals surface area contributed by atoms with Crippen LogP contribution in [-0.2, 0) is 11.2 Å². The molecule has 3 heterocycles. The SMILES string of the molecule is CN=C(NCCc1noc(-c2ccccn2)n1)NCC1CCCO1. The van der Waals surface area contributed by atoms with E-state index in [2.05, 4.69) is 30.8 Å². The maximum absolute atomic E-state index is 5.58. The van der Waals surface area contributed by atoms with Crippen molar-refractivity contribution in [2.45, 2.75) is 25.4 Å². The average molecular weight is 330 g/mol. The molecule has 0 spiro atoms. The normalized spacial score (nSPS) is 17.9. The van der Waals surface area contributed by atoms with Gasteiger partial charge in [-0.05, 0) is 25.0 Å². The number of ether oxygens (including phenoxy) is 1. The Morgan fingerprint density at radius 3 is 3.08 bits per heavy atom. The first kappa shape index (κ1) is 16.4. The fourth-order valence-corrected chi connectivity index (χ4v) is 2.48. The number of aliphatic imine (C=N–C) groups is 1. The van der Waals surface area contributed by atoms with Crippen LogP contribution in [0.1, 0.15) is 18.7 Å². The summed E-state index contributed by atoms with van der Waals surface area (Å²) in [6.45, 7) is 2.28. The van der Waals surface area contributed by atoms with Gasteiger partial charge in [0.15, 0.2) is 11.8 Å². The molecular weight excluding hydrogens is 308 g/mol. The molecule has 24 heavy (non-hydrogen) atoms. The highest BCUT2D eigenvalue weighted by molar-refractivity contribution is 5.79. The summed E-state index contributed by atoms with van der Waals surface area (Å²) in [6, 6.07) is 5.57. The van der Waals surface area contributed by atoms with Crippen LogP contribution in [0.4, 0.5) is 0 Å². The molecule has 1 unspecified atom stereocenters. The van der Waals surface area contributed by atoms with Crippen molar-refractivity contribution in [1.82, 2.24) is 25.8 Å². The zero-order valence-electron chi connectivity index (χ0n) is 13.7. The average Bonchev–Trinajstić information content (AvgIpc) is 3.30. The Kier molecular flexibility index (Phi) is 5.73. The summed E-state index contributed by atoms with van der Waals surface area (Å²) >= 11 is 0. The molecule has 1 saturated heterocycles. The number of aromatic nitrogens is 3. The van der Waals surface area contributed by atoms with Crippen molar-refractivity contribution < 1.29 is 9.26 Å². The second-order valence-corrected chi connectivity index (χ2v) is 5.50. The minimum absolute atomic E-state index is 0.279. The van der Waals surface area contributed by atoms with Crippen LogP contribution in [0.2, 0.25) is 0 Å². The van der Waals surface area contributed by atoms with E-state index >= 15 is 0 Å². The molecule has 0 radical (unpaired) electrons. The van der Waals surface area contributed by atoms with Crippen LogP contribution < -0.4 is 10.6 Å². The van der Waals surface area contributed by atoms with Crippen molar-refractivity contribution in [3.05, 3.63) is 30.2 Å². The smallest absolute Gasteiger partial charge is 0.276 e. The van der Waals surface area contributed by atoms with Crippen LogP contribution in [-0.4, -0.2) is 53.9 Å². The summed E-state index contributed by atoms with van der Waals surface area (Å²) in [5.74, 6) is 1.82. The van der Waals surface area contributed by atoms with Crippen LogP contribution in [0.25, 0.3) is 11.6 Å². The minimum atomic E-state index is 0.279. The predicted molar refractivity (Wildman–Crippen MR) is 89.6 cm³/mol. The molecule has 0 amide bonds. The zero-order valence-corrected chi connectivity index (χ0v) is 13.7. The Bertz CT molecular complexity index is 652. The number of hydrogen-bond acceptors (Lipinski definition) is 6. The number of rotatable bonds is 6. The van der Waals surface area contributed by atoms with E-state index in [-0.39, 0.29) is 6.10 Å². The lowest BCUT2D eigenvalue weighted by Gasteiger charge is -2.14. The van der Waals surface area contributed by atoms with Gasteiger partial charge in [0.25, 0.3) is 5.89 Å². The minimum Gasteiger partial charge on any atom is -0.376 e. The second-order valence-electron chi connectivity index (χ2n) is 5.50. The fourth-order valence-electron chi connectivity index (χ4n) is 2.48. The Morgan fingerprint density at radius 2 is 2.33 bits per heavy atom. The van der Waals surface area contributed by atoms with E-state index in [4.69, 9.17) is 9.26 Å². The van der Waals surface area contributed by atoms with Gasteiger partial charge in [0.1, 0.15) is 5.69 Å². The van der Waals surface area contributed by atoms with Crippen molar-refractivity contribution >= 4 is 5.96 Å². The standard InChI is InChI=1S/C16H22N6O2/c1-17-16(20-11-12-5-4-10-23-12)19-9-7-14-21-15(24-22-14)13-6-2-3-8-18-13/h2-3,6,8,12H,4-5,7,9-11H2,1H3,(H2,17,19,20). The summed E-state index contributed by atoms with van der Waals surface area (Å²) in [6.07, 6.45) is 4.85. The number of nitrogens with zero attached hydrogens (tertiary/aromatic N) is 4. The Hall–Kier alpha value is -2.48. The third kappa shape index (κ3) is 4.51. The van der Waals surface area contributed by atoms with E-state index in [1.54, 1.807) is 13.2 Å². The Morgan fingerprint density at radius 1 is 1.38 bits per heavy atom. The van der Waals surface area contributed by atoms with Gasteiger partial charge in [0, 0.05) is 39.4 Å². The van der Waals surface area contributed by atoms with Crippen LogP contribution in [0.15, 0.2) is 33.9 Å². The Balaban J connectivity index is 1.43. The molecule has 2 aromatic heterocycles. The molecule has 1 aliphatic rings. The molecule has 8 nitrogen and oxygen atoms in total. The molecular formula is C16H22N6O2. The quantitative estimate of drug-likeness (QED) is 0.603. The number of nitrogens with one attached hydrogen (secondary N) is 2. The van der Waals surface area contributed by atoms with Crippen molar-refractivity contribution in [2.75, 3.05) is 26.7 Å². The van der Waals surface area contributed by atoms with Crippen LogP contribution >= 0.6 is 0 Å². The van der Waals surface area contributed by atoms with Gasteiger partial charge in [-0.25, -0.2) is 0 Å². The first-order valence-electron chi connectivity index (χ1n) is 8.15. The highest BCUT2D eigenvalue weighted by Gasteiger charge is 2.15. The topological polar surface area (TPSA) is 97.5 Å². The third-order valence-electron chi connectivity index (χ3n) is 3.74. The van der Waals surface area contributed by atoms with Gasteiger partial charge in [0.05, 0.1) is 6.10 Å². The molecule has 3 rings (SSSR count). The molecule has 1 atom stereocenters. The molecule has 1 aliphatic heterocycles. The van der Waals surface area contributed by atoms with E-state index in [1.165, 1.54) is 0 Å². The number of pyridine rings is 1. The van der Waals surface area contributed by atoms with Crippen molar-refractivity contribution in [2.24, 2.45) is 4.99 Å². The molecule has 0 aliphatic carbocycles. The van der Waals surface area contributed by atoms with Gasteiger partial charge < -0.3 is 19.9 Å². The first-order chi connectivity index (χ1) is 11.8. The maximum atomic E-state index is 5.58. The van der Waals surface area contributed by atoms with E-state index < -0.39 is 0 Å². The highest BCUT2D eigenvalue weighted by atomic mass is 16.5. The van der Waals surface area contributed by atoms with Gasteiger partial charge in [0.2, 0.25) is 0 Å². The van der Waals surface area contributed by atoms with Crippen LogP contribution in [0, 0.1) is 0 Å². The van der Waals surface area contributed by atoms with Gasteiger partial charge in [-0.15, -0.1) is 0 Å². The van der Waals surface area contributed by atoms with E-state index in [1.807, 2.05) is 18.2 Å². The molecule has 2 aromatic rings. The summed E-state index contributed by atoms with van der Waals surface area (Å²) in [7, 11) is 1.75. The van der Waals surface area contributed by atoms with E-state index in [0.29, 0.717) is 30.4 Å². The zero-order chi connectivity index (χ0) is 16.6. The predicted octanol–water partition coefficient (Wildman–Crippen LogP) is 1.02. The molecule has 0 bridgehead atoms. The summed E-state index contributed by atoms with van der Waals surface area (Å²) in [5.41, 5.74) is 0.679. The number of guanidine groups is 1. The lowest BCUT2D eigenvalue weighted by atomic mass is 10.2. The van der Waals surface area contributed by atoms with Crippen LogP contribution in [0.5, 0.6) is 0 Å². The lowest BCUT2D eigenvalue weighted by molar-refractivity contribution is 0.114. The van der Waals surface area contributed by atoms with E-state index in [0.717, 1.165) is 32.0 Å². The van der Waals surface area contributed by atoms with Gasteiger partial charge >= 0.3 is 0 Å². The molecule has 0 saturated carbocycles. The van der Waals surface area contributed by atoms with Crippen molar-refractivity contribution in [1.29, 1.82) is 0 Å². The van der Waals surface area contributed by atoms with Crippen molar-refractivity contribution in [3.8, 4) is 11.6 Å². The molecule has 2 N–H and O–H groups in total. The lowest BCUT2D eigenvalue weighted by Crippen LogP contribution is -2.41. The summed E-state index contributed by atoms with van der Waals surface area (Å²) in [4.78, 5) is 12.7. The van der Waals surface area contributed by atoms with Crippen molar-refractivity contribution in [3.63, 3.8) is 0 Å². The molecule has 0 aromatic carbocycles. The largest absolute Gasteiger partial charge is 0.376 e. The molecule has 1 fully saturated rings. The second kappa shape index (κ2) is 8.39. The van der Waals surface area contributed by atoms with Gasteiger partial charge in [-0.3, -0.25) is 9.98 Å². The molecule has 8 heteroatoms. The van der Waals surface area contributed by atoms with E-state index in [9.17, 15) is 0 Å². The Labute approximate surface area is 140 Å². The monoisotopic (exact) mass is 330 g/mol. The summed E-state index contributed by atoms with van der Waals surface area (Å²) in [5, 5.41) is 10.5. The van der Waals surface area contributed by atoms with Gasteiger partial charge in [-0.2, -0.15) is 4.98 Å².